The first-order valence-corrected chi connectivity index (χ1v) is 8.27. The Morgan fingerprint density at radius 3 is 2.48 bits per heavy atom. The van der Waals surface area contributed by atoms with Gasteiger partial charge in [-0.2, -0.15) is 0 Å². The fourth-order valence-corrected chi connectivity index (χ4v) is 2.64. The molecular weight excluding hydrogens is 323 g/mol. The van der Waals surface area contributed by atoms with Crippen molar-refractivity contribution >= 4 is 5.91 Å². The molecule has 2 N–H and O–H groups in total. The van der Waals surface area contributed by atoms with Crippen LogP contribution in [0.2, 0.25) is 0 Å². The van der Waals surface area contributed by atoms with Crippen LogP contribution in [0.5, 0.6) is 11.5 Å². The van der Waals surface area contributed by atoms with Crippen molar-refractivity contribution < 1.29 is 18.7 Å². The second-order valence-electron chi connectivity index (χ2n) is 5.93. The number of carbonyl (C=O) groups is 1. The number of ether oxygens (including phenoxy) is 2. The van der Waals surface area contributed by atoms with Gasteiger partial charge in [-0.05, 0) is 48.9 Å². The third-order valence-electron chi connectivity index (χ3n) is 4.04. The molecule has 6 heteroatoms. The molecule has 0 unspecified atom stereocenters. The summed E-state index contributed by atoms with van der Waals surface area (Å²) in [6.45, 7) is 3.62. The first-order chi connectivity index (χ1) is 12.1. The maximum Gasteiger partial charge on any atom is 0.240 e. The van der Waals surface area contributed by atoms with Gasteiger partial charge < -0.3 is 20.1 Å². The maximum atomic E-state index is 12.9. The zero-order chi connectivity index (χ0) is 17.6. The third kappa shape index (κ3) is 4.78. The smallest absolute Gasteiger partial charge is 0.240 e. The van der Waals surface area contributed by atoms with E-state index < -0.39 is 0 Å². The number of hydrogen-bond donors (Lipinski definition) is 2. The van der Waals surface area contributed by atoms with Crippen molar-refractivity contribution in [2.75, 3.05) is 13.2 Å². The monoisotopic (exact) mass is 344 g/mol. The average molecular weight is 344 g/mol. The highest BCUT2D eigenvalue weighted by Crippen LogP contribution is 2.21. The minimum Gasteiger partial charge on any atom is -0.457 e. The highest BCUT2D eigenvalue weighted by Gasteiger charge is 2.27. The normalized spacial score (nSPS) is 20.1. The molecule has 1 amide bonds. The van der Waals surface area contributed by atoms with Crippen LogP contribution in [0.4, 0.5) is 4.39 Å². The fourth-order valence-electron chi connectivity index (χ4n) is 2.64. The van der Waals surface area contributed by atoms with Crippen molar-refractivity contribution in [1.29, 1.82) is 0 Å². The van der Waals surface area contributed by atoms with Crippen LogP contribution < -0.4 is 15.4 Å². The van der Waals surface area contributed by atoms with Crippen molar-refractivity contribution in [2.45, 2.75) is 25.6 Å². The summed E-state index contributed by atoms with van der Waals surface area (Å²) in [5, 5.41) is 6.07. The number of halogens is 1. The van der Waals surface area contributed by atoms with E-state index in [4.69, 9.17) is 9.47 Å². The molecule has 1 fully saturated rings. The van der Waals surface area contributed by atoms with E-state index >= 15 is 0 Å². The van der Waals surface area contributed by atoms with Gasteiger partial charge in [0.05, 0.1) is 12.7 Å². The predicted molar refractivity (Wildman–Crippen MR) is 92.0 cm³/mol. The van der Waals surface area contributed by atoms with Crippen molar-refractivity contribution in [2.24, 2.45) is 0 Å². The Bertz CT molecular complexity index is 704. The van der Waals surface area contributed by atoms with Gasteiger partial charge in [0.25, 0.3) is 0 Å². The molecule has 0 aromatic heterocycles. The molecule has 0 aliphatic carbocycles. The molecule has 3 rings (SSSR count). The van der Waals surface area contributed by atoms with Gasteiger partial charge in [0.1, 0.15) is 23.4 Å². The highest BCUT2D eigenvalue weighted by atomic mass is 19.1. The first kappa shape index (κ1) is 17.4. The fraction of sp³-hybridized carbons (Fsp3) is 0.316. The number of amides is 1. The second-order valence-corrected chi connectivity index (χ2v) is 5.93. The van der Waals surface area contributed by atoms with E-state index in [9.17, 15) is 9.18 Å². The van der Waals surface area contributed by atoms with Crippen LogP contribution in [0.25, 0.3) is 0 Å². The highest BCUT2D eigenvalue weighted by molar-refractivity contribution is 5.82. The Morgan fingerprint density at radius 2 is 1.84 bits per heavy atom. The molecular formula is C19H21FN2O3. The summed E-state index contributed by atoms with van der Waals surface area (Å²) in [6.07, 6.45) is -0.139. The van der Waals surface area contributed by atoms with Gasteiger partial charge in [-0.1, -0.05) is 12.1 Å². The molecule has 1 aliphatic rings. The molecule has 2 aromatic rings. The van der Waals surface area contributed by atoms with Crippen LogP contribution in [0, 0.1) is 5.82 Å². The molecule has 2 atom stereocenters. The lowest BCUT2D eigenvalue weighted by atomic mass is 10.1. The minimum absolute atomic E-state index is 0.0705. The van der Waals surface area contributed by atoms with E-state index in [1.807, 2.05) is 31.2 Å². The van der Waals surface area contributed by atoms with Crippen LogP contribution in [-0.4, -0.2) is 31.2 Å². The van der Waals surface area contributed by atoms with E-state index in [0.29, 0.717) is 31.2 Å². The molecule has 0 bridgehead atoms. The standard InChI is InChI=1S/C19H21FN2O3/c1-13-18(21-10-11-24-13)19(23)22-12-14-2-6-16(7-3-14)25-17-8-4-15(20)5-9-17/h2-9,13,18,21H,10-12H2,1H3,(H,22,23)/t13-,18+/m1/s1. The summed E-state index contributed by atoms with van der Waals surface area (Å²) < 4.78 is 24.0. The third-order valence-corrected chi connectivity index (χ3v) is 4.04. The van der Waals surface area contributed by atoms with Gasteiger partial charge in [-0.25, -0.2) is 4.39 Å². The lowest BCUT2D eigenvalue weighted by Gasteiger charge is -2.29. The summed E-state index contributed by atoms with van der Waals surface area (Å²) in [5.41, 5.74) is 0.962. The van der Waals surface area contributed by atoms with Crippen LogP contribution in [-0.2, 0) is 16.1 Å². The van der Waals surface area contributed by atoms with Gasteiger partial charge in [-0.3, -0.25) is 4.79 Å². The number of benzene rings is 2. The molecule has 2 aromatic carbocycles. The lowest BCUT2D eigenvalue weighted by Crippen LogP contribution is -2.55. The molecule has 1 heterocycles. The van der Waals surface area contributed by atoms with Gasteiger partial charge >= 0.3 is 0 Å². The maximum absolute atomic E-state index is 12.9. The second kappa shape index (κ2) is 8.09. The number of carbonyl (C=O) groups excluding carboxylic acids is 1. The zero-order valence-electron chi connectivity index (χ0n) is 14.0. The lowest BCUT2D eigenvalue weighted by molar-refractivity contribution is -0.129. The number of rotatable bonds is 5. The largest absolute Gasteiger partial charge is 0.457 e. The molecule has 1 aliphatic heterocycles. The quantitative estimate of drug-likeness (QED) is 0.875. The van der Waals surface area contributed by atoms with Crippen LogP contribution >= 0.6 is 0 Å². The zero-order valence-corrected chi connectivity index (χ0v) is 14.0. The van der Waals surface area contributed by atoms with E-state index in [1.54, 1.807) is 12.1 Å². The predicted octanol–water partition coefficient (Wildman–Crippen LogP) is 2.61. The molecule has 5 nitrogen and oxygen atoms in total. The van der Waals surface area contributed by atoms with E-state index in [1.165, 1.54) is 12.1 Å². The van der Waals surface area contributed by atoms with Crippen LogP contribution in [0.3, 0.4) is 0 Å². The van der Waals surface area contributed by atoms with Crippen molar-refractivity contribution in [3.63, 3.8) is 0 Å². The van der Waals surface area contributed by atoms with Crippen molar-refractivity contribution in [3.05, 3.63) is 59.9 Å². The summed E-state index contributed by atoms with van der Waals surface area (Å²) in [7, 11) is 0. The molecule has 0 saturated carbocycles. The molecule has 25 heavy (non-hydrogen) atoms. The minimum atomic E-state index is -0.324. The first-order valence-electron chi connectivity index (χ1n) is 8.27. The van der Waals surface area contributed by atoms with Gasteiger partial charge in [0.15, 0.2) is 0 Å². The van der Waals surface area contributed by atoms with Gasteiger partial charge in [0.2, 0.25) is 5.91 Å². The Labute approximate surface area is 146 Å². The SMILES string of the molecule is C[C@H]1OCCN[C@@H]1C(=O)NCc1ccc(Oc2ccc(F)cc2)cc1. The molecule has 0 radical (unpaired) electrons. The Kier molecular flexibility index (Phi) is 5.63. The Hall–Kier alpha value is -2.44. The van der Waals surface area contributed by atoms with Gasteiger partial charge in [-0.15, -0.1) is 0 Å². The van der Waals surface area contributed by atoms with E-state index in [-0.39, 0.29) is 23.9 Å². The number of nitrogens with one attached hydrogen (secondary N) is 2. The summed E-state index contributed by atoms with van der Waals surface area (Å²) >= 11 is 0. The Balaban J connectivity index is 1.52. The van der Waals surface area contributed by atoms with Crippen LogP contribution in [0.15, 0.2) is 48.5 Å². The molecule has 132 valence electrons. The number of morpholine rings is 1. The Morgan fingerprint density at radius 1 is 1.20 bits per heavy atom. The molecule has 1 saturated heterocycles. The van der Waals surface area contributed by atoms with E-state index in [2.05, 4.69) is 10.6 Å². The van der Waals surface area contributed by atoms with Gasteiger partial charge in [0, 0.05) is 13.1 Å². The van der Waals surface area contributed by atoms with E-state index in [0.717, 1.165) is 5.56 Å². The van der Waals surface area contributed by atoms with Crippen LogP contribution in [0.1, 0.15) is 12.5 Å². The average Bonchev–Trinajstić information content (AvgIpc) is 2.63. The summed E-state index contributed by atoms with van der Waals surface area (Å²) in [4.78, 5) is 12.2. The van der Waals surface area contributed by atoms with Crippen molar-refractivity contribution in [3.8, 4) is 11.5 Å². The summed E-state index contributed by atoms with van der Waals surface area (Å²) in [5.74, 6) is 0.849. The number of hydrogen-bond acceptors (Lipinski definition) is 4. The molecule has 0 spiro atoms. The summed E-state index contributed by atoms with van der Waals surface area (Å²) in [6, 6.07) is 12.9. The topological polar surface area (TPSA) is 59.6 Å². The van der Waals surface area contributed by atoms with Crippen molar-refractivity contribution in [1.82, 2.24) is 10.6 Å².